The summed E-state index contributed by atoms with van der Waals surface area (Å²) in [7, 11) is -1.09. The van der Waals surface area contributed by atoms with Gasteiger partial charge in [-0.15, -0.1) is 0 Å². The first-order chi connectivity index (χ1) is 10.5. The van der Waals surface area contributed by atoms with Crippen molar-refractivity contribution in [2.75, 3.05) is 11.9 Å². The van der Waals surface area contributed by atoms with Gasteiger partial charge in [0.2, 0.25) is 0 Å². The van der Waals surface area contributed by atoms with Crippen molar-refractivity contribution in [2.45, 2.75) is 39.0 Å². The maximum atomic E-state index is 12.1. The summed E-state index contributed by atoms with van der Waals surface area (Å²) in [5.41, 5.74) is 3.81. The van der Waals surface area contributed by atoms with Crippen LogP contribution in [0.25, 0.3) is 11.3 Å². The van der Waals surface area contributed by atoms with E-state index in [-0.39, 0.29) is 5.56 Å². The van der Waals surface area contributed by atoms with Crippen LogP contribution >= 0.6 is 0 Å². The van der Waals surface area contributed by atoms with Crippen molar-refractivity contribution < 1.29 is 4.74 Å². The number of aromatic nitrogens is 2. The SMILES string of the molecule is C[Si](C)(C)CCOCn1[nH]c(=O)c2c1-c1ccccc1NC2. The van der Waals surface area contributed by atoms with E-state index in [0.29, 0.717) is 13.3 Å². The second-order valence-electron chi connectivity index (χ2n) is 6.94. The number of para-hydroxylation sites is 1. The summed E-state index contributed by atoms with van der Waals surface area (Å²) in [5.74, 6) is 0. The van der Waals surface area contributed by atoms with E-state index in [2.05, 4.69) is 30.1 Å². The van der Waals surface area contributed by atoms with Crippen molar-refractivity contribution in [1.29, 1.82) is 0 Å². The Morgan fingerprint density at radius 3 is 2.82 bits per heavy atom. The Labute approximate surface area is 131 Å². The summed E-state index contributed by atoms with van der Waals surface area (Å²) >= 11 is 0. The van der Waals surface area contributed by atoms with Gasteiger partial charge in [-0.25, -0.2) is 0 Å². The number of nitrogens with zero attached hydrogens (tertiary/aromatic N) is 1. The summed E-state index contributed by atoms with van der Waals surface area (Å²) in [6.45, 7) is 8.69. The first kappa shape index (κ1) is 15.1. The summed E-state index contributed by atoms with van der Waals surface area (Å²) in [4.78, 5) is 12.1. The zero-order valence-electron chi connectivity index (χ0n) is 13.4. The van der Waals surface area contributed by atoms with Crippen molar-refractivity contribution in [1.82, 2.24) is 9.78 Å². The van der Waals surface area contributed by atoms with Crippen LogP contribution < -0.4 is 10.9 Å². The van der Waals surface area contributed by atoms with Gasteiger partial charge in [0.1, 0.15) is 6.73 Å². The monoisotopic (exact) mass is 317 g/mol. The molecular formula is C16H23N3O2Si. The molecule has 3 rings (SSSR count). The summed E-state index contributed by atoms with van der Waals surface area (Å²) < 4.78 is 7.63. The van der Waals surface area contributed by atoms with Gasteiger partial charge in [-0.2, -0.15) is 0 Å². The Balaban J connectivity index is 1.82. The molecule has 0 aliphatic carbocycles. The quantitative estimate of drug-likeness (QED) is 0.658. The number of fused-ring (bicyclic) bond motifs is 3. The highest BCUT2D eigenvalue weighted by Gasteiger charge is 2.23. The third-order valence-corrected chi connectivity index (χ3v) is 5.63. The smallest absolute Gasteiger partial charge is 0.269 e. The van der Waals surface area contributed by atoms with Crippen molar-refractivity contribution in [3.05, 3.63) is 40.2 Å². The molecule has 1 aromatic carbocycles. The lowest BCUT2D eigenvalue weighted by Gasteiger charge is -2.20. The number of hydrogen-bond acceptors (Lipinski definition) is 3. The molecule has 0 atom stereocenters. The van der Waals surface area contributed by atoms with Crippen LogP contribution in [0.4, 0.5) is 5.69 Å². The predicted octanol–water partition coefficient (Wildman–Crippen LogP) is 3.08. The van der Waals surface area contributed by atoms with Crippen LogP contribution in [-0.2, 0) is 18.0 Å². The Hall–Kier alpha value is -1.79. The molecule has 0 fully saturated rings. The average molecular weight is 317 g/mol. The minimum absolute atomic E-state index is 0.0363. The van der Waals surface area contributed by atoms with E-state index >= 15 is 0 Å². The third kappa shape index (κ3) is 3.03. The molecule has 2 heterocycles. The third-order valence-electron chi connectivity index (χ3n) is 3.92. The first-order valence-corrected chi connectivity index (χ1v) is 11.4. The topological polar surface area (TPSA) is 59.0 Å². The molecule has 1 aliphatic heterocycles. The van der Waals surface area contributed by atoms with Gasteiger partial charge >= 0.3 is 0 Å². The van der Waals surface area contributed by atoms with E-state index in [0.717, 1.165) is 35.2 Å². The van der Waals surface area contributed by atoms with E-state index in [1.165, 1.54) is 0 Å². The number of ether oxygens (including phenoxy) is 1. The van der Waals surface area contributed by atoms with Crippen molar-refractivity contribution >= 4 is 13.8 Å². The lowest BCUT2D eigenvalue weighted by atomic mass is 10.0. The number of hydrogen-bond donors (Lipinski definition) is 2. The Morgan fingerprint density at radius 2 is 2.05 bits per heavy atom. The molecule has 0 unspecified atom stereocenters. The van der Waals surface area contributed by atoms with E-state index in [4.69, 9.17) is 4.74 Å². The van der Waals surface area contributed by atoms with Crippen LogP contribution in [0.2, 0.25) is 25.7 Å². The minimum Gasteiger partial charge on any atom is -0.380 e. The predicted molar refractivity (Wildman–Crippen MR) is 91.9 cm³/mol. The van der Waals surface area contributed by atoms with Crippen molar-refractivity contribution in [3.8, 4) is 11.3 Å². The fourth-order valence-corrected chi connectivity index (χ4v) is 3.40. The molecule has 0 amide bonds. The number of rotatable bonds is 5. The van der Waals surface area contributed by atoms with Gasteiger partial charge in [0.15, 0.2) is 0 Å². The molecule has 6 heteroatoms. The lowest BCUT2D eigenvalue weighted by Crippen LogP contribution is -2.22. The van der Waals surface area contributed by atoms with E-state index in [1.54, 1.807) is 0 Å². The molecule has 2 aromatic rings. The van der Waals surface area contributed by atoms with Crippen LogP contribution in [0, 0.1) is 0 Å². The highest BCUT2D eigenvalue weighted by molar-refractivity contribution is 6.76. The summed E-state index contributed by atoms with van der Waals surface area (Å²) in [6, 6.07) is 9.18. The normalized spacial score (nSPS) is 13.4. The molecule has 1 aliphatic rings. The van der Waals surface area contributed by atoms with Gasteiger partial charge < -0.3 is 10.1 Å². The van der Waals surface area contributed by atoms with Gasteiger partial charge in [0.25, 0.3) is 5.56 Å². The molecule has 2 N–H and O–H groups in total. The molecule has 0 saturated carbocycles. The maximum absolute atomic E-state index is 12.1. The Kier molecular flexibility index (Phi) is 3.97. The van der Waals surface area contributed by atoms with Crippen LogP contribution in [0.5, 0.6) is 0 Å². The number of anilines is 1. The van der Waals surface area contributed by atoms with Crippen LogP contribution in [0.15, 0.2) is 29.1 Å². The van der Waals surface area contributed by atoms with Crippen molar-refractivity contribution in [3.63, 3.8) is 0 Å². The molecule has 0 radical (unpaired) electrons. The number of nitrogens with one attached hydrogen (secondary N) is 2. The van der Waals surface area contributed by atoms with Crippen molar-refractivity contribution in [2.24, 2.45) is 0 Å². The summed E-state index contributed by atoms with van der Waals surface area (Å²) in [5, 5.41) is 6.19. The Bertz CT molecular complexity index is 728. The fraction of sp³-hybridized carbons (Fsp3) is 0.438. The molecule has 22 heavy (non-hydrogen) atoms. The van der Waals surface area contributed by atoms with E-state index < -0.39 is 8.07 Å². The number of H-pyrrole nitrogens is 1. The molecule has 0 bridgehead atoms. The maximum Gasteiger partial charge on any atom is 0.269 e. The van der Waals surface area contributed by atoms with Crippen LogP contribution in [-0.4, -0.2) is 24.5 Å². The number of aromatic amines is 1. The second-order valence-corrected chi connectivity index (χ2v) is 12.6. The zero-order valence-corrected chi connectivity index (χ0v) is 14.4. The molecule has 118 valence electrons. The van der Waals surface area contributed by atoms with Crippen LogP contribution in [0.3, 0.4) is 0 Å². The highest BCUT2D eigenvalue weighted by atomic mass is 28.3. The van der Waals surface area contributed by atoms with Gasteiger partial charge in [-0.05, 0) is 12.1 Å². The average Bonchev–Trinajstić information content (AvgIpc) is 2.80. The largest absolute Gasteiger partial charge is 0.380 e. The van der Waals surface area contributed by atoms with Gasteiger partial charge in [-0.1, -0.05) is 37.8 Å². The Morgan fingerprint density at radius 1 is 1.27 bits per heavy atom. The molecule has 5 nitrogen and oxygen atoms in total. The molecule has 0 saturated heterocycles. The van der Waals surface area contributed by atoms with E-state index in [9.17, 15) is 4.79 Å². The fourth-order valence-electron chi connectivity index (χ4n) is 2.65. The minimum atomic E-state index is -1.09. The lowest BCUT2D eigenvalue weighted by molar-refractivity contribution is 0.0794. The van der Waals surface area contributed by atoms with Gasteiger partial charge in [-0.3, -0.25) is 14.6 Å². The molecule has 0 spiro atoms. The van der Waals surface area contributed by atoms with E-state index in [1.807, 2.05) is 28.9 Å². The molecular weight excluding hydrogens is 294 g/mol. The van der Waals surface area contributed by atoms with Crippen LogP contribution in [0.1, 0.15) is 5.56 Å². The van der Waals surface area contributed by atoms with Gasteiger partial charge in [0, 0.05) is 32.5 Å². The van der Waals surface area contributed by atoms with Gasteiger partial charge in [0.05, 0.1) is 11.3 Å². The number of benzene rings is 1. The molecule has 1 aromatic heterocycles. The first-order valence-electron chi connectivity index (χ1n) is 7.68. The summed E-state index contributed by atoms with van der Waals surface area (Å²) in [6.07, 6.45) is 0. The highest BCUT2D eigenvalue weighted by Crippen LogP contribution is 2.33. The second kappa shape index (κ2) is 5.77. The zero-order chi connectivity index (χ0) is 15.7. The standard InChI is InChI=1S/C16H23N3O2Si/c1-22(2,3)9-8-21-11-19-15-12-6-4-5-7-14(12)17-10-13(15)16(20)18-19/h4-7,17H,8-11H2,1-3H3,(H,18,20).